The lowest BCUT2D eigenvalue weighted by molar-refractivity contribution is -0.113. The molecule has 0 spiro atoms. The molecule has 0 radical (unpaired) electrons. The predicted molar refractivity (Wildman–Crippen MR) is 93.0 cm³/mol. The number of halogens is 2. The Morgan fingerprint density at radius 1 is 1.20 bits per heavy atom. The monoisotopic (exact) mass is 386 g/mol. The lowest BCUT2D eigenvalue weighted by atomic mass is 10.1. The number of anilines is 1. The highest BCUT2D eigenvalue weighted by molar-refractivity contribution is 8.00. The van der Waals surface area contributed by atoms with Gasteiger partial charge in [-0.2, -0.15) is 0 Å². The van der Waals surface area contributed by atoms with E-state index in [9.17, 15) is 22.0 Å². The zero-order valence-electron chi connectivity index (χ0n) is 13.5. The van der Waals surface area contributed by atoms with Crippen molar-refractivity contribution in [2.75, 3.05) is 11.1 Å². The summed E-state index contributed by atoms with van der Waals surface area (Å²) in [6.07, 6.45) is 0. The largest absolute Gasteiger partial charge is 0.325 e. The van der Waals surface area contributed by atoms with Crippen LogP contribution in [0.2, 0.25) is 0 Å². The lowest BCUT2D eigenvalue weighted by Gasteiger charge is -2.12. The third-order valence-electron chi connectivity index (χ3n) is 3.50. The van der Waals surface area contributed by atoms with E-state index in [2.05, 4.69) is 5.32 Å². The standard InChI is InChI=1S/C16H16F2N2O3S2/c1-9-5-12(25(19,22)23)7-14(10(9)2)20-16(21)8-24-15-4-3-11(17)6-13(15)18/h3-7H,8H2,1-2H3,(H,20,21)(H2,19,22,23). The third kappa shape index (κ3) is 5.00. The number of carbonyl (C=O) groups excluding carboxylic acids is 1. The van der Waals surface area contributed by atoms with E-state index in [-0.39, 0.29) is 15.5 Å². The molecule has 2 aromatic carbocycles. The molecule has 0 aromatic heterocycles. The van der Waals surface area contributed by atoms with E-state index in [1.807, 2.05) is 0 Å². The molecule has 2 rings (SSSR count). The number of primary sulfonamides is 1. The number of hydrogen-bond donors (Lipinski definition) is 2. The number of carbonyl (C=O) groups is 1. The molecule has 0 saturated carbocycles. The van der Waals surface area contributed by atoms with Gasteiger partial charge in [-0.05, 0) is 49.2 Å². The fourth-order valence-electron chi connectivity index (χ4n) is 2.04. The first-order chi connectivity index (χ1) is 11.6. The number of aryl methyl sites for hydroxylation is 1. The molecule has 25 heavy (non-hydrogen) atoms. The van der Waals surface area contributed by atoms with E-state index < -0.39 is 27.6 Å². The van der Waals surface area contributed by atoms with Gasteiger partial charge in [0.25, 0.3) is 0 Å². The van der Waals surface area contributed by atoms with Gasteiger partial charge in [-0.15, -0.1) is 11.8 Å². The molecule has 0 saturated heterocycles. The second kappa shape index (κ2) is 7.51. The molecule has 5 nitrogen and oxygen atoms in total. The number of amides is 1. The normalized spacial score (nSPS) is 11.4. The van der Waals surface area contributed by atoms with Gasteiger partial charge in [0.2, 0.25) is 15.9 Å². The maximum atomic E-state index is 13.6. The van der Waals surface area contributed by atoms with Crippen LogP contribution in [0.25, 0.3) is 0 Å². The number of nitrogens with one attached hydrogen (secondary N) is 1. The van der Waals surface area contributed by atoms with Crippen LogP contribution < -0.4 is 10.5 Å². The highest BCUT2D eigenvalue weighted by Crippen LogP contribution is 2.25. The summed E-state index contributed by atoms with van der Waals surface area (Å²) in [5.74, 6) is -2.03. The number of rotatable bonds is 5. The fourth-order valence-corrected chi connectivity index (χ4v) is 3.39. The van der Waals surface area contributed by atoms with Gasteiger partial charge in [0.1, 0.15) is 11.6 Å². The molecule has 0 fully saturated rings. The van der Waals surface area contributed by atoms with Gasteiger partial charge >= 0.3 is 0 Å². The highest BCUT2D eigenvalue weighted by Gasteiger charge is 2.15. The van der Waals surface area contributed by atoms with Crippen LogP contribution in [0.4, 0.5) is 14.5 Å². The van der Waals surface area contributed by atoms with E-state index in [1.54, 1.807) is 13.8 Å². The molecule has 9 heteroatoms. The molecule has 3 N–H and O–H groups in total. The molecule has 1 amide bonds. The van der Waals surface area contributed by atoms with Crippen LogP contribution >= 0.6 is 11.8 Å². The van der Waals surface area contributed by atoms with Crippen molar-refractivity contribution in [1.29, 1.82) is 0 Å². The molecule has 0 atom stereocenters. The summed E-state index contributed by atoms with van der Waals surface area (Å²) in [5.41, 5.74) is 1.66. The lowest BCUT2D eigenvalue weighted by Crippen LogP contribution is -2.17. The number of nitrogens with two attached hydrogens (primary N) is 1. The van der Waals surface area contributed by atoms with Crippen LogP contribution in [0.1, 0.15) is 11.1 Å². The summed E-state index contributed by atoms with van der Waals surface area (Å²) in [6, 6.07) is 5.79. The first-order valence-electron chi connectivity index (χ1n) is 7.09. The molecule has 0 aliphatic rings. The Kier molecular flexibility index (Phi) is 5.81. The minimum absolute atomic E-state index is 0.108. The Morgan fingerprint density at radius 3 is 2.48 bits per heavy atom. The number of hydrogen-bond acceptors (Lipinski definition) is 4. The number of sulfonamides is 1. The Hall–Kier alpha value is -1.97. The van der Waals surface area contributed by atoms with Crippen LogP contribution in [0, 0.1) is 25.5 Å². The highest BCUT2D eigenvalue weighted by atomic mass is 32.2. The fraction of sp³-hybridized carbons (Fsp3) is 0.188. The summed E-state index contributed by atoms with van der Waals surface area (Å²) in [5, 5.41) is 7.71. The van der Waals surface area contributed by atoms with Crippen molar-refractivity contribution in [2.24, 2.45) is 5.14 Å². The first-order valence-corrected chi connectivity index (χ1v) is 9.63. The summed E-state index contributed by atoms with van der Waals surface area (Å²) >= 11 is 0.906. The van der Waals surface area contributed by atoms with Crippen molar-refractivity contribution in [1.82, 2.24) is 0 Å². The molecule has 0 heterocycles. The van der Waals surface area contributed by atoms with Crippen molar-refractivity contribution in [2.45, 2.75) is 23.6 Å². The second-order valence-electron chi connectivity index (χ2n) is 5.37. The molecule has 0 aliphatic carbocycles. The van der Waals surface area contributed by atoms with Crippen LogP contribution in [-0.2, 0) is 14.8 Å². The summed E-state index contributed by atoms with van der Waals surface area (Å²) in [7, 11) is -3.91. The van der Waals surface area contributed by atoms with E-state index in [0.717, 1.165) is 23.9 Å². The topological polar surface area (TPSA) is 89.3 Å². The summed E-state index contributed by atoms with van der Waals surface area (Å²) in [4.78, 5) is 12.1. The zero-order valence-corrected chi connectivity index (χ0v) is 15.1. The van der Waals surface area contributed by atoms with Crippen molar-refractivity contribution in [3.8, 4) is 0 Å². The van der Waals surface area contributed by atoms with Gasteiger partial charge in [0.15, 0.2) is 0 Å². The molecule has 0 bridgehead atoms. The van der Waals surface area contributed by atoms with Crippen molar-refractivity contribution in [3.05, 3.63) is 53.1 Å². The molecular formula is C16H16F2N2O3S2. The predicted octanol–water partition coefficient (Wildman–Crippen LogP) is 2.96. The van der Waals surface area contributed by atoms with Crippen LogP contribution in [0.15, 0.2) is 40.1 Å². The second-order valence-corrected chi connectivity index (χ2v) is 7.95. The Bertz CT molecular complexity index is 931. The van der Waals surface area contributed by atoms with E-state index in [4.69, 9.17) is 5.14 Å². The van der Waals surface area contributed by atoms with Gasteiger partial charge in [0, 0.05) is 16.6 Å². The van der Waals surface area contributed by atoms with Gasteiger partial charge in [-0.1, -0.05) is 0 Å². The van der Waals surface area contributed by atoms with E-state index >= 15 is 0 Å². The maximum Gasteiger partial charge on any atom is 0.238 e. The Balaban J connectivity index is 2.14. The smallest absolute Gasteiger partial charge is 0.238 e. The minimum Gasteiger partial charge on any atom is -0.325 e. The average Bonchev–Trinajstić information content (AvgIpc) is 2.49. The van der Waals surface area contributed by atoms with Crippen LogP contribution in [-0.4, -0.2) is 20.1 Å². The van der Waals surface area contributed by atoms with E-state index in [1.165, 1.54) is 18.2 Å². The third-order valence-corrected chi connectivity index (χ3v) is 5.44. The van der Waals surface area contributed by atoms with Crippen LogP contribution in [0.3, 0.4) is 0 Å². The quantitative estimate of drug-likeness (QED) is 0.773. The van der Waals surface area contributed by atoms with Crippen LogP contribution in [0.5, 0.6) is 0 Å². The molecule has 134 valence electrons. The molecule has 2 aromatic rings. The molecular weight excluding hydrogens is 370 g/mol. The zero-order chi connectivity index (χ0) is 18.8. The number of benzene rings is 2. The van der Waals surface area contributed by atoms with Gasteiger partial charge in [0.05, 0.1) is 10.6 Å². The molecule has 0 unspecified atom stereocenters. The number of thioether (sulfide) groups is 1. The molecule has 0 aliphatic heterocycles. The van der Waals surface area contributed by atoms with Gasteiger partial charge < -0.3 is 5.32 Å². The van der Waals surface area contributed by atoms with Gasteiger partial charge in [-0.3, -0.25) is 4.79 Å². The minimum atomic E-state index is -3.91. The summed E-state index contributed by atoms with van der Waals surface area (Å²) in [6.45, 7) is 3.42. The first kappa shape index (κ1) is 19.4. The van der Waals surface area contributed by atoms with Crippen molar-refractivity contribution in [3.63, 3.8) is 0 Å². The Labute approximate surface area is 148 Å². The van der Waals surface area contributed by atoms with E-state index in [0.29, 0.717) is 16.8 Å². The average molecular weight is 386 g/mol. The summed E-state index contributed by atoms with van der Waals surface area (Å²) < 4.78 is 49.4. The van der Waals surface area contributed by atoms with Gasteiger partial charge in [-0.25, -0.2) is 22.3 Å². The maximum absolute atomic E-state index is 13.6. The van der Waals surface area contributed by atoms with Crippen molar-refractivity contribution >= 4 is 33.4 Å². The SMILES string of the molecule is Cc1cc(S(N)(=O)=O)cc(NC(=O)CSc2ccc(F)cc2F)c1C. The van der Waals surface area contributed by atoms with Crippen molar-refractivity contribution < 1.29 is 22.0 Å². The Morgan fingerprint density at radius 2 is 1.88 bits per heavy atom.